The van der Waals surface area contributed by atoms with Crippen LogP contribution in [0.3, 0.4) is 0 Å². The Morgan fingerprint density at radius 3 is 2.76 bits per heavy atom. The predicted octanol–water partition coefficient (Wildman–Crippen LogP) is 2.45. The minimum absolute atomic E-state index is 0.0161. The van der Waals surface area contributed by atoms with Crippen LogP contribution in [0.2, 0.25) is 0 Å². The highest BCUT2D eigenvalue weighted by Gasteiger charge is 2.41. The number of piperidine rings is 1. The molecule has 0 aromatic heterocycles. The third-order valence-corrected chi connectivity index (χ3v) is 5.21. The zero-order chi connectivity index (χ0) is 17.6. The average molecular weight is 344 g/mol. The van der Waals surface area contributed by atoms with Gasteiger partial charge in [0.05, 0.1) is 5.92 Å². The number of fused-ring (bicyclic) bond motifs is 4. The highest BCUT2D eigenvalue weighted by molar-refractivity contribution is 5.83. The second-order valence-corrected chi connectivity index (χ2v) is 7.08. The molecule has 0 N–H and O–H groups in total. The van der Waals surface area contributed by atoms with Gasteiger partial charge in [-0.3, -0.25) is 9.59 Å². The molecule has 3 saturated heterocycles. The van der Waals surface area contributed by atoms with Crippen LogP contribution in [0.15, 0.2) is 30.3 Å². The molecule has 4 rings (SSSR count). The predicted molar refractivity (Wildman–Crippen MR) is 95.8 cm³/mol. The molecule has 0 unspecified atom stereocenters. The van der Waals surface area contributed by atoms with Gasteiger partial charge in [-0.15, -0.1) is 0 Å². The van der Waals surface area contributed by atoms with Gasteiger partial charge >= 0.3 is 0 Å². The first-order valence-corrected chi connectivity index (χ1v) is 9.39. The van der Waals surface area contributed by atoms with Gasteiger partial charge in [-0.1, -0.05) is 43.7 Å². The van der Waals surface area contributed by atoms with E-state index in [0.717, 1.165) is 31.2 Å². The van der Waals surface area contributed by atoms with Gasteiger partial charge in [0.2, 0.25) is 11.8 Å². The van der Waals surface area contributed by atoms with Crippen molar-refractivity contribution in [2.45, 2.75) is 45.2 Å². The van der Waals surface area contributed by atoms with Crippen molar-refractivity contribution in [1.29, 1.82) is 0 Å². The van der Waals surface area contributed by atoms with E-state index >= 15 is 0 Å². The highest BCUT2D eigenvalue weighted by Crippen LogP contribution is 2.30. The molecule has 3 aliphatic rings. The Kier molecular flexibility index (Phi) is 6.08. The van der Waals surface area contributed by atoms with Crippen LogP contribution in [-0.2, 0) is 20.9 Å². The van der Waals surface area contributed by atoms with E-state index in [0.29, 0.717) is 26.2 Å². The van der Waals surface area contributed by atoms with Gasteiger partial charge in [0, 0.05) is 32.3 Å². The van der Waals surface area contributed by atoms with Gasteiger partial charge in [-0.2, -0.15) is 0 Å². The minimum Gasteiger partial charge on any atom is -0.372 e. The molecule has 25 heavy (non-hydrogen) atoms. The summed E-state index contributed by atoms with van der Waals surface area (Å²) in [6.45, 7) is 4.66. The molecule has 136 valence electrons. The number of rotatable bonds is 7. The number of unbranched alkanes of at least 4 members (excludes halogenated alkanes) is 1. The lowest BCUT2D eigenvalue weighted by Gasteiger charge is -2.36. The molecule has 1 aromatic rings. The number of ether oxygens (including phenoxy) is 1. The van der Waals surface area contributed by atoms with E-state index < -0.39 is 0 Å². The lowest BCUT2D eigenvalue weighted by Crippen LogP contribution is -2.47. The maximum Gasteiger partial charge on any atom is 0.248 e. The molecule has 0 spiro atoms. The normalized spacial score (nSPS) is 23.0. The number of nitrogens with zero attached hydrogens (tertiary/aromatic N) is 2. The lowest BCUT2D eigenvalue weighted by molar-refractivity contribution is -0.140. The smallest absolute Gasteiger partial charge is 0.248 e. The highest BCUT2D eigenvalue weighted by atomic mass is 16.5. The Bertz CT molecular complexity index is 590. The van der Waals surface area contributed by atoms with Crippen molar-refractivity contribution in [3.63, 3.8) is 0 Å². The topological polar surface area (TPSA) is 49.9 Å². The molecule has 2 amide bonds. The summed E-state index contributed by atoms with van der Waals surface area (Å²) in [5, 5.41) is 0. The molecular formula is C20H28N2O3. The monoisotopic (exact) mass is 344 g/mol. The Hall–Kier alpha value is -1.88. The van der Waals surface area contributed by atoms with Crippen LogP contribution in [0.4, 0.5) is 0 Å². The maximum atomic E-state index is 12.8. The van der Waals surface area contributed by atoms with E-state index in [2.05, 4.69) is 19.1 Å². The summed E-state index contributed by atoms with van der Waals surface area (Å²) in [6.07, 6.45) is 3.89. The molecule has 3 fully saturated rings. The van der Waals surface area contributed by atoms with Crippen LogP contribution < -0.4 is 0 Å². The molecule has 5 heteroatoms. The maximum absolute atomic E-state index is 12.8. The van der Waals surface area contributed by atoms with E-state index in [1.807, 2.05) is 28.0 Å². The molecule has 2 atom stereocenters. The summed E-state index contributed by atoms with van der Waals surface area (Å²) in [5.74, 6) is 0.145. The van der Waals surface area contributed by atoms with Crippen LogP contribution >= 0.6 is 0 Å². The van der Waals surface area contributed by atoms with Gasteiger partial charge in [0.25, 0.3) is 0 Å². The average Bonchev–Trinajstić information content (AvgIpc) is 2.92. The first-order chi connectivity index (χ1) is 12.2. The summed E-state index contributed by atoms with van der Waals surface area (Å²) < 4.78 is 5.48. The van der Waals surface area contributed by atoms with Crippen LogP contribution in [-0.4, -0.2) is 54.0 Å². The molecular weight excluding hydrogens is 316 g/mol. The Morgan fingerprint density at radius 2 is 2.00 bits per heavy atom. The van der Waals surface area contributed by atoms with Gasteiger partial charge in [0.15, 0.2) is 0 Å². The second-order valence-electron chi connectivity index (χ2n) is 7.08. The largest absolute Gasteiger partial charge is 0.372 e. The first-order valence-electron chi connectivity index (χ1n) is 9.39. The molecule has 0 radical (unpaired) electrons. The first kappa shape index (κ1) is 17.9. The minimum atomic E-state index is -0.0675. The molecule has 0 saturated carbocycles. The third-order valence-electron chi connectivity index (χ3n) is 5.21. The van der Waals surface area contributed by atoms with Crippen LogP contribution in [0.25, 0.3) is 0 Å². The fraction of sp³-hybridized carbons (Fsp3) is 0.600. The van der Waals surface area contributed by atoms with Crippen molar-refractivity contribution < 1.29 is 14.3 Å². The summed E-state index contributed by atoms with van der Waals surface area (Å²) in [5.41, 5.74) is 1.14. The van der Waals surface area contributed by atoms with Crippen molar-refractivity contribution in [2.24, 2.45) is 5.92 Å². The van der Waals surface area contributed by atoms with E-state index in [9.17, 15) is 9.59 Å². The summed E-state index contributed by atoms with van der Waals surface area (Å²) in [7, 11) is 0. The Morgan fingerprint density at radius 1 is 1.20 bits per heavy atom. The third kappa shape index (κ3) is 4.40. The second kappa shape index (κ2) is 8.48. The molecule has 5 nitrogen and oxygen atoms in total. The summed E-state index contributed by atoms with van der Waals surface area (Å²) in [6, 6.07) is 10.2. The summed E-state index contributed by atoms with van der Waals surface area (Å²) >= 11 is 0. The lowest BCUT2D eigenvalue weighted by atomic mass is 9.93. The van der Waals surface area contributed by atoms with Crippen molar-refractivity contribution in [3.8, 4) is 0 Å². The van der Waals surface area contributed by atoms with Crippen molar-refractivity contribution in [1.82, 2.24) is 9.80 Å². The quantitative estimate of drug-likeness (QED) is 0.714. The number of hydrogen-bond donors (Lipinski definition) is 0. The van der Waals surface area contributed by atoms with E-state index in [1.54, 1.807) is 0 Å². The van der Waals surface area contributed by atoms with Gasteiger partial charge in [-0.25, -0.2) is 0 Å². The molecule has 3 heterocycles. The fourth-order valence-corrected chi connectivity index (χ4v) is 3.73. The Labute approximate surface area is 149 Å². The number of carbonyl (C=O) groups is 2. The summed E-state index contributed by atoms with van der Waals surface area (Å²) in [4.78, 5) is 29.1. The van der Waals surface area contributed by atoms with Crippen LogP contribution in [0.1, 0.15) is 38.2 Å². The standard InChI is InChI=1S/C20H28N2O3/c1-2-3-11-25-15-19(23)21-13-17-9-10-18(14-21)22(20(17)24)12-16-7-5-4-6-8-16/h4-8,17-18H,2-3,9-15H2,1H3/t17-,18+/m1/s1. The zero-order valence-corrected chi connectivity index (χ0v) is 15.0. The molecule has 0 aliphatic carbocycles. The van der Waals surface area contributed by atoms with E-state index in [4.69, 9.17) is 4.74 Å². The van der Waals surface area contributed by atoms with E-state index in [-0.39, 0.29) is 30.4 Å². The van der Waals surface area contributed by atoms with E-state index in [1.165, 1.54) is 0 Å². The number of carbonyl (C=O) groups excluding carboxylic acids is 2. The van der Waals surface area contributed by atoms with Gasteiger partial charge in [0.1, 0.15) is 6.61 Å². The van der Waals surface area contributed by atoms with Crippen molar-refractivity contribution in [2.75, 3.05) is 26.3 Å². The number of amides is 2. The Balaban J connectivity index is 1.63. The van der Waals surface area contributed by atoms with Crippen LogP contribution in [0, 0.1) is 5.92 Å². The SMILES string of the molecule is CCCCOCC(=O)N1C[C@H]2CC[C@@H](C1)N(Cc1ccccc1)C2=O. The molecule has 2 bridgehead atoms. The van der Waals surface area contributed by atoms with Gasteiger partial charge < -0.3 is 14.5 Å². The van der Waals surface area contributed by atoms with Crippen molar-refractivity contribution >= 4 is 11.8 Å². The van der Waals surface area contributed by atoms with Gasteiger partial charge in [-0.05, 0) is 24.8 Å². The molecule has 1 aromatic carbocycles. The fourth-order valence-electron chi connectivity index (χ4n) is 3.73. The zero-order valence-electron chi connectivity index (χ0n) is 15.0. The van der Waals surface area contributed by atoms with Crippen molar-refractivity contribution in [3.05, 3.63) is 35.9 Å². The number of hydrogen-bond acceptors (Lipinski definition) is 3. The number of benzene rings is 1. The molecule has 3 aliphatic heterocycles. The van der Waals surface area contributed by atoms with Crippen LogP contribution in [0.5, 0.6) is 0 Å².